The van der Waals surface area contributed by atoms with Gasteiger partial charge in [-0.05, 0) is 36.6 Å². The fraction of sp³-hybridized carbons (Fsp3) is 0.368. The van der Waals surface area contributed by atoms with Crippen LogP contribution in [-0.4, -0.2) is 44.9 Å². The molecule has 1 amide bonds. The number of methoxy groups -OCH3 is 1. The number of carbonyl (C=O) groups is 2. The summed E-state index contributed by atoms with van der Waals surface area (Å²) in [6, 6.07) is 6.11. The second-order valence-electron chi connectivity index (χ2n) is 6.78. The van der Waals surface area contributed by atoms with Crippen LogP contribution in [0.3, 0.4) is 0 Å². The van der Waals surface area contributed by atoms with Crippen LogP contribution in [0.1, 0.15) is 29.6 Å². The van der Waals surface area contributed by atoms with Crippen molar-refractivity contribution in [3.8, 4) is 17.3 Å². The first-order chi connectivity index (χ1) is 13.8. The van der Waals surface area contributed by atoms with Gasteiger partial charge in [0, 0.05) is 6.54 Å². The Morgan fingerprint density at radius 3 is 2.41 bits per heavy atom. The van der Waals surface area contributed by atoms with Crippen LogP contribution in [0.5, 0.6) is 11.6 Å². The summed E-state index contributed by atoms with van der Waals surface area (Å²) in [4.78, 5) is 48.9. The van der Waals surface area contributed by atoms with Crippen molar-refractivity contribution in [2.75, 3.05) is 13.7 Å². The summed E-state index contributed by atoms with van der Waals surface area (Å²) >= 11 is 0. The van der Waals surface area contributed by atoms with E-state index in [1.807, 2.05) is 0 Å². The molecule has 0 bridgehead atoms. The standard InChI is InChI=1S/C19H21N3O7/c1-29-13-6-4-12(5-7-13)22-18(27)15(16(25)20-10-14(23)24)17(26)21(19(22)28)9-8-11-2-3-11/h4-7,11,27H,2-3,8-10H2,1H3,(H,20,25)(H,23,24). The van der Waals surface area contributed by atoms with Gasteiger partial charge in [0.05, 0.1) is 12.8 Å². The first-order valence-corrected chi connectivity index (χ1v) is 9.06. The lowest BCUT2D eigenvalue weighted by molar-refractivity contribution is -0.135. The molecule has 3 N–H and O–H groups in total. The van der Waals surface area contributed by atoms with Gasteiger partial charge in [-0.3, -0.25) is 19.0 Å². The average Bonchev–Trinajstić information content (AvgIpc) is 3.51. The highest BCUT2D eigenvalue weighted by Gasteiger charge is 2.27. The maximum atomic E-state index is 12.9. The lowest BCUT2D eigenvalue weighted by Gasteiger charge is -2.16. The molecule has 10 nitrogen and oxygen atoms in total. The van der Waals surface area contributed by atoms with E-state index in [1.165, 1.54) is 19.2 Å². The summed E-state index contributed by atoms with van der Waals surface area (Å²) in [5.41, 5.74) is -2.20. The number of hydrogen-bond acceptors (Lipinski definition) is 6. The number of nitrogens with zero attached hydrogens (tertiary/aromatic N) is 2. The second-order valence-corrected chi connectivity index (χ2v) is 6.78. The Morgan fingerprint density at radius 2 is 1.86 bits per heavy atom. The Bertz CT molecular complexity index is 1050. The Morgan fingerprint density at radius 1 is 1.21 bits per heavy atom. The minimum absolute atomic E-state index is 0.0952. The number of aliphatic carboxylic acids is 1. The number of benzene rings is 1. The van der Waals surface area contributed by atoms with E-state index in [2.05, 4.69) is 5.32 Å². The van der Waals surface area contributed by atoms with Gasteiger partial charge in [0.15, 0.2) is 5.56 Å². The molecular weight excluding hydrogens is 382 g/mol. The Balaban J connectivity index is 2.14. The zero-order chi connectivity index (χ0) is 21.1. The molecule has 3 rings (SSSR count). The van der Waals surface area contributed by atoms with Gasteiger partial charge in [-0.15, -0.1) is 0 Å². The van der Waals surface area contributed by atoms with Crippen molar-refractivity contribution in [2.45, 2.75) is 25.8 Å². The molecule has 1 aliphatic carbocycles. The fourth-order valence-electron chi connectivity index (χ4n) is 2.96. The third kappa shape index (κ3) is 4.31. The van der Waals surface area contributed by atoms with Crippen molar-refractivity contribution in [3.63, 3.8) is 0 Å². The number of nitrogens with one attached hydrogen (secondary N) is 1. The van der Waals surface area contributed by atoms with Crippen molar-refractivity contribution in [2.24, 2.45) is 5.92 Å². The highest BCUT2D eigenvalue weighted by molar-refractivity contribution is 5.97. The lowest BCUT2D eigenvalue weighted by atomic mass is 10.2. The molecule has 1 fully saturated rings. The number of carboxylic acid groups (broad SMARTS) is 1. The van der Waals surface area contributed by atoms with E-state index < -0.39 is 41.1 Å². The summed E-state index contributed by atoms with van der Waals surface area (Å²) in [5.74, 6) is -2.29. The molecule has 0 saturated heterocycles. The summed E-state index contributed by atoms with van der Waals surface area (Å²) in [5, 5.41) is 21.4. The lowest BCUT2D eigenvalue weighted by Crippen LogP contribution is -2.44. The normalized spacial score (nSPS) is 13.1. The molecule has 1 aliphatic rings. The smallest absolute Gasteiger partial charge is 0.338 e. The van der Waals surface area contributed by atoms with Crippen molar-refractivity contribution in [1.29, 1.82) is 0 Å². The number of rotatable bonds is 8. The van der Waals surface area contributed by atoms with Gasteiger partial charge >= 0.3 is 11.7 Å². The summed E-state index contributed by atoms with van der Waals surface area (Å²) in [7, 11) is 1.47. The fourth-order valence-corrected chi connectivity index (χ4v) is 2.96. The van der Waals surface area contributed by atoms with Gasteiger partial charge in [-0.1, -0.05) is 12.8 Å². The molecule has 154 valence electrons. The Hall–Kier alpha value is -3.56. The molecule has 1 heterocycles. The molecule has 1 aromatic carbocycles. The number of carbonyl (C=O) groups excluding carboxylic acids is 1. The predicted octanol–water partition coefficient (Wildman–Crippen LogP) is 0.328. The maximum absolute atomic E-state index is 12.9. The first kappa shape index (κ1) is 20.2. The monoisotopic (exact) mass is 403 g/mol. The summed E-state index contributed by atoms with van der Waals surface area (Å²) < 4.78 is 6.82. The van der Waals surface area contributed by atoms with Crippen LogP contribution < -0.4 is 21.3 Å². The molecule has 2 aromatic rings. The molecule has 0 aliphatic heterocycles. The largest absolute Gasteiger partial charge is 0.497 e. The van der Waals surface area contributed by atoms with Crippen LogP contribution in [0.25, 0.3) is 5.69 Å². The van der Waals surface area contributed by atoms with Crippen LogP contribution in [0, 0.1) is 5.92 Å². The van der Waals surface area contributed by atoms with E-state index in [0.29, 0.717) is 18.1 Å². The zero-order valence-electron chi connectivity index (χ0n) is 15.8. The van der Waals surface area contributed by atoms with Crippen LogP contribution in [0.4, 0.5) is 0 Å². The third-order valence-electron chi connectivity index (χ3n) is 4.73. The number of ether oxygens (including phenoxy) is 1. The molecule has 0 radical (unpaired) electrons. The molecule has 29 heavy (non-hydrogen) atoms. The molecule has 10 heteroatoms. The van der Waals surface area contributed by atoms with Gasteiger partial charge in [-0.25, -0.2) is 9.36 Å². The van der Waals surface area contributed by atoms with Crippen LogP contribution in [0.2, 0.25) is 0 Å². The maximum Gasteiger partial charge on any atom is 0.338 e. The van der Waals surface area contributed by atoms with Crippen LogP contribution >= 0.6 is 0 Å². The van der Waals surface area contributed by atoms with E-state index in [0.717, 1.165) is 22.0 Å². The highest BCUT2D eigenvalue weighted by atomic mass is 16.5. The summed E-state index contributed by atoms with van der Waals surface area (Å²) in [6.45, 7) is -0.639. The van der Waals surface area contributed by atoms with Crippen molar-refractivity contribution < 1.29 is 24.5 Å². The SMILES string of the molecule is COc1ccc(-n2c(O)c(C(=O)NCC(=O)O)c(=O)n(CCC3CC3)c2=O)cc1. The molecule has 0 unspecified atom stereocenters. The highest BCUT2D eigenvalue weighted by Crippen LogP contribution is 2.32. The summed E-state index contributed by atoms with van der Waals surface area (Å²) in [6.07, 6.45) is 2.63. The quantitative estimate of drug-likeness (QED) is 0.577. The number of amides is 1. The predicted molar refractivity (Wildman–Crippen MR) is 102 cm³/mol. The second kappa shape index (κ2) is 8.21. The Kier molecular flexibility index (Phi) is 5.71. The minimum atomic E-state index is -1.31. The molecule has 0 atom stereocenters. The van der Waals surface area contributed by atoms with Crippen LogP contribution in [0.15, 0.2) is 33.9 Å². The topological polar surface area (TPSA) is 140 Å². The first-order valence-electron chi connectivity index (χ1n) is 9.06. The Labute approximate surface area is 165 Å². The van der Waals surface area contributed by atoms with E-state index in [4.69, 9.17) is 9.84 Å². The van der Waals surface area contributed by atoms with Gasteiger partial charge in [-0.2, -0.15) is 0 Å². The van der Waals surface area contributed by atoms with Gasteiger partial charge in [0.25, 0.3) is 11.5 Å². The van der Waals surface area contributed by atoms with E-state index in [-0.39, 0.29) is 12.2 Å². The van der Waals surface area contributed by atoms with Crippen molar-refractivity contribution >= 4 is 11.9 Å². The molecular formula is C19H21N3O7. The average molecular weight is 403 g/mol. The van der Waals surface area contributed by atoms with Crippen LogP contribution in [-0.2, 0) is 11.3 Å². The van der Waals surface area contributed by atoms with Crippen molar-refractivity contribution in [3.05, 3.63) is 50.7 Å². The van der Waals surface area contributed by atoms with Gasteiger partial charge in [0.1, 0.15) is 12.3 Å². The number of aromatic nitrogens is 2. The molecule has 1 saturated carbocycles. The van der Waals surface area contributed by atoms with E-state index in [1.54, 1.807) is 12.1 Å². The minimum Gasteiger partial charge on any atom is -0.497 e. The molecule has 1 aromatic heterocycles. The van der Waals surface area contributed by atoms with Gasteiger partial charge in [0.2, 0.25) is 5.88 Å². The van der Waals surface area contributed by atoms with E-state index >= 15 is 0 Å². The number of carboxylic acids is 1. The van der Waals surface area contributed by atoms with Gasteiger partial charge < -0.3 is 20.3 Å². The van der Waals surface area contributed by atoms with Crippen molar-refractivity contribution in [1.82, 2.24) is 14.5 Å². The number of hydrogen-bond donors (Lipinski definition) is 3. The third-order valence-corrected chi connectivity index (χ3v) is 4.73. The molecule has 0 spiro atoms. The van der Waals surface area contributed by atoms with E-state index in [9.17, 15) is 24.3 Å². The zero-order valence-corrected chi connectivity index (χ0v) is 15.8. The number of aromatic hydroxyl groups is 1.